The van der Waals surface area contributed by atoms with E-state index in [0.29, 0.717) is 0 Å². The Kier molecular flexibility index (Phi) is 4.73. The highest BCUT2D eigenvalue weighted by molar-refractivity contribution is 7.90. The number of ether oxygens (including phenoxy) is 1. The fourth-order valence-electron chi connectivity index (χ4n) is 3.54. The first-order chi connectivity index (χ1) is 12.9. The van der Waals surface area contributed by atoms with Crippen LogP contribution in [-0.2, 0) is 25.1 Å². The molecule has 0 aromatic heterocycles. The first kappa shape index (κ1) is 20.2. The summed E-state index contributed by atoms with van der Waals surface area (Å²) in [5, 5.41) is 1.07. The lowest BCUT2D eigenvalue weighted by atomic mass is 9.88. The minimum Gasteiger partial charge on any atom is -0.444 e. The number of nitrogens with zero attached hydrogens (tertiary/aromatic N) is 2. The summed E-state index contributed by atoms with van der Waals surface area (Å²) in [5.74, 6) is -1.32. The number of aliphatic imine (C=N–C) groups is 1. The van der Waals surface area contributed by atoms with Gasteiger partial charge in [0.15, 0.2) is 0 Å². The van der Waals surface area contributed by atoms with E-state index in [1.807, 2.05) is 0 Å². The molecule has 0 saturated heterocycles. The maximum atomic E-state index is 14.6. The third kappa shape index (κ3) is 3.36. The van der Waals surface area contributed by atoms with Gasteiger partial charge in [-0.1, -0.05) is 18.2 Å². The number of Topliss-reactive ketones (excluding diaryl/α,β-unsaturated/α-hetero) is 1. The Morgan fingerprint density at radius 1 is 1.36 bits per heavy atom. The number of sulfonamides is 1. The SMILES string of the molecule is CN1C(NC(=O)OC(C)(C)C)=NC2(c3ccccc3F)CC(=O)CC2S1(=O)=O. The van der Waals surface area contributed by atoms with Crippen molar-refractivity contribution in [3.05, 3.63) is 35.6 Å². The number of halogens is 1. The number of alkyl carbamates (subject to hydrolysis) is 1. The van der Waals surface area contributed by atoms with E-state index in [0.717, 1.165) is 4.31 Å². The highest BCUT2D eigenvalue weighted by Crippen LogP contribution is 2.48. The van der Waals surface area contributed by atoms with Crippen molar-refractivity contribution in [3.8, 4) is 0 Å². The third-order valence-corrected chi connectivity index (χ3v) is 6.92. The number of hydrogen-bond donors (Lipinski definition) is 1. The van der Waals surface area contributed by atoms with Gasteiger partial charge in [-0.2, -0.15) is 0 Å². The van der Waals surface area contributed by atoms with Gasteiger partial charge in [-0.25, -0.2) is 26.9 Å². The molecule has 3 rings (SSSR count). The van der Waals surface area contributed by atoms with E-state index in [1.54, 1.807) is 26.8 Å². The predicted molar refractivity (Wildman–Crippen MR) is 99.6 cm³/mol. The van der Waals surface area contributed by atoms with Gasteiger partial charge in [-0.15, -0.1) is 0 Å². The molecular weight excluding hydrogens is 389 g/mol. The Bertz CT molecular complexity index is 970. The monoisotopic (exact) mass is 411 g/mol. The molecule has 1 fully saturated rings. The number of fused-ring (bicyclic) bond motifs is 1. The van der Waals surface area contributed by atoms with Gasteiger partial charge < -0.3 is 4.74 Å². The lowest BCUT2D eigenvalue weighted by Crippen LogP contribution is -2.57. The van der Waals surface area contributed by atoms with Crippen LogP contribution in [0.1, 0.15) is 39.2 Å². The van der Waals surface area contributed by atoms with Crippen LogP contribution in [0.5, 0.6) is 0 Å². The van der Waals surface area contributed by atoms with E-state index < -0.39 is 38.3 Å². The fourth-order valence-corrected chi connectivity index (χ4v) is 5.40. The first-order valence-electron chi connectivity index (χ1n) is 8.71. The molecule has 1 saturated carbocycles. The van der Waals surface area contributed by atoms with Crippen LogP contribution in [0.2, 0.25) is 0 Å². The third-order valence-electron chi connectivity index (χ3n) is 4.71. The molecule has 10 heteroatoms. The molecule has 152 valence electrons. The highest BCUT2D eigenvalue weighted by atomic mass is 32.2. The van der Waals surface area contributed by atoms with E-state index in [2.05, 4.69) is 10.3 Å². The molecule has 1 aromatic carbocycles. The second-order valence-electron chi connectivity index (χ2n) is 7.89. The average molecular weight is 411 g/mol. The number of nitrogens with one attached hydrogen (secondary N) is 1. The minimum atomic E-state index is -4.09. The number of ketones is 1. The molecule has 1 aliphatic carbocycles. The van der Waals surface area contributed by atoms with Crippen LogP contribution in [0.15, 0.2) is 29.3 Å². The van der Waals surface area contributed by atoms with Gasteiger partial charge in [-0.3, -0.25) is 10.1 Å². The lowest BCUT2D eigenvalue weighted by Gasteiger charge is -2.40. The molecule has 0 bridgehead atoms. The summed E-state index contributed by atoms with van der Waals surface area (Å²) >= 11 is 0. The maximum Gasteiger partial charge on any atom is 0.414 e. The minimum absolute atomic E-state index is 0.00557. The molecule has 2 atom stereocenters. The van der Waals surface area contributed by atoms with Gasteiger partial charge in [-0.05, 0) is 26.8 Å². The Morgan fingerprint density at radius 3 is 2.61 bits per heavy atom. The Labute approximate surface area is 162 Å². The largest absolute Gasteiger partial charge is 0.444 e. The van der Waals surface area contributed by atoms with Crippen molar-refractivity contribution in [1.29, 1.82) is 0 Å². The molecule has 1 aliphatic heterocycles. The molecule has 2 aliphatic rings. The molecule has 1 N–H and O–H groups in total. The summed E-state index contributed by atoms with van der Waals surface area (Å²) in [5.41, 5.74) is -2.45. The molecule has 28 heavy (non-hydrogen) atoms. The number of benzene rings is 1. The summed E-state index contributed by atoms with van der Waals surface area (Å²) in [6, 6.07) is 5.62. The number of amides is 1. The second-order valence-corrected chi connectivity index (χ2v) is 10.0. The van der Waals surface area contributed by atoms with Crippen molar-refractivity contribution < 1.29 is 27.1 Å². The summed E-state index contributed by atoms with van der Waals surface area (Å²) in [4.78, 5) is 28.8. The quantitative estimate of drug-likeness (QED) is 0.760. The van der Waals surface area contributed by atoms with Crippen molar-refractivity contribution in [2.45, 2.75) is 50.0 Å². The van der Waals surface area contributed by atoms with Gasteiger partial charge in [0.1, 0.15) is 28.0 Å². The number of carbonyl (C=O) groups excluding carboxylic acids is 2. The van der Waals surface area contributed by atoms with E-state index in [4.69, 9.17) is 4.74 Å². The Morgan fingerprint density at radius 2 is 2.00 bits per heavy atom. The average Bonchev–Trinajstić information content (AvgIpc) is 2.89. The predicted octanol–water partition coefficient (Wildman–Crippen LogP) is 1.91. The van der Waals surface area contributed by atoms with Crippen LogP contribution >= 0.6 is 0 Å². The van der Waals surface area contributed by atoms with Crippen LogP contribution in [0.25, 0.3) is 0 Å². The van der Waals surface area contributed by atoms with Crippen LogP contribution in [0.4, 0.5) is 9.18 Å². The zero-order chi connectivity index (χ0) is 20.9. The zero-order valence-electron chi connectivity index (χ0n) is 16.0. The first-order valence-corrected chi connectivity index (χ1v) is 10.2. The van der Waals surface area contributed by atoms with Crippen LogP contribution in [-0.4, -0.2) is 48.5 Å². The van der Waals surface area contributed by atoms with Crippen molar-refractivity contribution in [2.24, 2.45) is 4.99 Å². The smallest absolute Gasteiger partial charge is 0.414 e. The van der Waals surface area contributed by atoms with Gasteiger partial charge in [0.2, 0.25) is 16.0 Å². The van der Waals surface area contributed by atoms with Gasteiger partial charge in [0.25, 0.3) is 0 Å². The van der Waals surface area contributed by atoms with Crippen LogP contribution in [0, 0.1) is 5.82 Å². The van der Waals surface area contributed by atoms with Crippen molar-refractivity contribution in [2.75, 3.05) is 7.05 Å². The fraction of sp³-hybridized carbons (Fsp3) is 0.500. The summed E-state index contributed by atoms with van der Waals surface area (Å²) in [6.45, 7) is 4.96. The topological polar surface area (TPSA) is 105 Å². The number of rotatable bonds is 1. The van der Waals surface area contributed by atoms with Crippen LogP contribution < -0.4 is 5.32 Å². The van der Waals surface area contributed by atoms with E-state index >= 15 is 0 Å². The molecule has 1 amide bonds. The molecule has 1 heterocycles. The van der Waals surface area contributed by atoms with Crippen molar-refractivity contribution >= 4 is 27.9 Å². The van der Waals surface area contributed by atoms with Crippen LogP contribution in [0.3, 0.4) is 0 Å². The molecule has 1 aromatic rings. The molecule has 0 spiro atoms. The highest BCUT2D eigenvalue weighted by Gasteiger charge is 2.60. The van der Waals surface area contributed by atoms with Crippen molar-refractivity contribution in [3.63, 3.8) is 0 Å². The van der Waals surface area contributed by atoms with E-state index in [9.17, 15) is 22.4 Å². The van der Waals surface area contributed by atoms with E-state index in [1.165, 1.54) is 25.2 Å². The second kappa shape index (κ2) is 6.54. The summed E-state index contributed by atoms with van der Waals surface area (Å²) in [6.07, 6.45) is -1.45. The van der Waals surface area contributed by atoms with E-state index in [-0.39, 0.29) is 30.1 Å². The number of carbonyl (C=O) groups is 2. The van der Waals surface area contributed by atoms with Gasteiger partial charge in [0.05, 0.1) is 0 Å². The maximum absolute atomic E-state index is 14.6. The molecule has 8 nitrogen and oxygen atoms in total. The Hall–Kier alpha value is -2.49. The lowest BCUT2D eigenvalue weighted by molar-refractivity contribution is -0.117. The van der Waals surface area contributed by atoms with Gasteiger partial charge in [0, 0.05) is 25.5 Å². The molecular formula is C18H22FN3O5S. The molecule has 2 unspecified atom stereocenters. The molecule has 0 radical (unpaired) electrons. The van der Waals surface area contributed by atoms with Crippen molar-refractivity contribution in [1.82, 2.24) is 9.62 Å². The normalized spacial score (nSPS) is 26.5. The Balaban J connectivity index is 2.14. The van der Waals surface area contributed by atoms with Gasteiger partial charge >= 0.3 is 6.09 Å². The zero-order valence-corrected chi connectivity index (χ0v) is 16.8. The summed E-state index contributed by atoms with van der Waals surface area (Å²) in [7, 11) is -2.87. The standard InChI is InChI=1S/C18H22FN3O5S/c1-17(2,3)27-16(24)20-15-21-18(12-7-5-6-8-13(12)19)10-11(23)9-14(18)28(25,26)22(15)4/h5-8,14H,9-10H2,1-4H3,(H,20,21,24). The summed E-state index contributed by atoms with van der Waals surface area (Å²) < 4.78 is 46.7. The number of guanidine groups is 1. The number of hydrogen-bond acceptors (Lipinski definition) is 6.